The number of fused-ring (bicyclic) bond motifs is 1. The third kappa shape index (κ3) is 3.33. The summed E-state index contributed by atoms with van der Waals surface area (Å²) in [5.74, 6) is 2.63. The molecule has 1 aliphatic carbocycles. The van der Waals surface area contributed by atoms with Crippen LogP contribution in [0.5, 0.6) is 5.75 Å². The van der Waals surface area contributed by atoms with Gasteiger partial charge in [-0.2, -0.15) is 0 Å². The first-order valence-electron chi connectivity index (χ1n) is 9.89. The van der Waals surface area contributed by atoms with Crippen molar-refractivity contribution in [3.8, 4) is 17.3 Å². The molecule has 0 aliphatic heterocycles. The molecule has 5 heteroatoms. The summed E-state index contributed by atoms with van der Waals surface area (Å²) in [5, 5.41) is 0. The Morgan fingerprint density at radius 3 is 2.64 bits per heavy atom. The van der Waals surface area contributed by atoms with E-state index in [0.29, 0.717) is 5.82 Å². The molecule has 2 heterocycles. The van der Waals surface area contributed by atoms with Gasteiger partial charge in [-0.3, -0.25) is 4.98 Å². The molecular formula is C23H26N4O. The number of rotatable bonds is 6. The van der Waals surface area contributed by atoms with Gasteiger partial charge in [0, 0.05) is 30.1 Å². The van der Waals surface area contributed by atoms with Crippen molar-refractivity contribution in [2.24, 2.45) is 0 Å². The highest BCUT2D eigenvalue weighted by atomic mass is 16.5. The number of ether oxygens (including phenoxy) is 1. The third-order valence-electron chi connectivity index (χ3n) is 5.49. The Bertz CT molecular complexity index is 958. The average molecular weight is 374 g/mol. The summed E-state index contributed by atoms with van der Waals surface area (Å²) in [5.41, 5.74) is 4.43. The summed E-state index contributed by atoms with van der Waals surface area (Å²) >= 11 is 0. The maximum Gasteiger partial charge on any atom is 0.180 e. The van der Waals surface area contributed by atoms with Crippen molar-refractivity contribution in [1.29, 1.82) is 0 Å². The molecule has 0 saturated carbocycles. The lowest BCUT2D eigenvalue weighted by Crippen LogP contribution is -2.26. The molecular weight excluding hydrogens is 348 g/mol. The minimum Gasteiger partial charge on any atom is -0.496 e. The lowest BCUT2D eigenvalue weighted by atomic mass is 10.0. The smallest absolute Gasteiger partial charge is 0.180 e. The normalized spacial score (nSPS) is 13.8. The standard InChI is InChI=1S/C23H26N4O/c1-4-20(17-10-5-6-14-21(17)28-3)27(2)23-16-11-9-13-18(16)25-22(26-23)19-12-7-8-15-24-19/h5-8,10,12,14-15,20H,4,9,11,13H2,1-3H3. The second kappa shape index (κ2) is 7.97. The van der Waals surface area contributed by atoms with Gasteiger partial charge in [0.05, 0.1) is 13.2 Å². The molecule has 1 unspecified atom stereocenters. The SMILES string of the molecule is CCC(c1ccccc1OC)N(C)c1nc(-c2ccccn2)nc2c1CCC2. The van der Waals surface area contributed by atoms with Gasteiger partial charge in [0.1, 0.15) is 17.3 Å². The van der Waals surface area contributed by atoms with Gasteiger partial charge in [-0.1, -0.05) is 31.2 Å². The van der Waals surface area contributed by atoms with Crippen molar-refractivity contribution in [2.45, 2.75) is 38.6 Å². The number of hydrogen-bond donors (Lipinski definition) is 0. The van der Waals surface area contributed by atoms with Crippen LogP contribution < -0.4 is 9.64 Å². The van der Waals surface area contributed by atoms with E-state index in [0.717, 1.165) is 48.6 Å². The van der Waals surface area contributed by atoms with E-state index in [9.17, 15) is 0 Å². The highest BCUT2D eigenvalue weighted by Gasteiger charge is 2.27. The van der Waals surface area contributed by atoms with Crippen LogP contribution in [-0.4, -0.2) is 29.1 Å². The minimum absolute atomic E-state index is 0.173. The average Bonchev–Trinajstić information content (AvgIpc) is 3.23. The van der Waals surface area contributed by atoms with E-state index in [1.165, 1.54) is 11.1 Å². The van der Waals surface area contributed by atoms with E-state index in [1.54, 1.807) is 13.3 Å². The Hall–Kier alpha value is -2.95. The van der Waals surface area contributed by atoms with Crippen LogP contribution in [0.2, 0.25) is 0 Å². The first kappa shape index (κ1) is 18.4. The van der Waals surface area contributed by atoms with E-state index in [4.69, 9.17) is 14.7 Å². The predicted molar refractivity (Wildman–Crippen MR) is 112 cm³/mol. The largest absolute Gasteiger partial charge is 0.496 e. The van der Waals surface area contributed by atoms with E-state index < -0.39 is 0 Å². The Morgan fingerprint density at radius 1 is 1.07 bits per heavy atom. The van der Waals surface area contributed by atoms with Crippen LogP contribution in [0.3, 0.4) is 0 Å². The number of anilines is 1. The fourth-order valence-electron chi connectivity index (χ4n) is 4.11. The van der Waals surface area contributed by atoms with Gasteiger partial charge in [0.25, 0.3) is 0 Å². The number of pyridine rings is 1. The molecule has 0 spiro atoms. The number of benzene rings is 1. The summed E-state index contributed by atoms with van der Waals surface area (Å²) in [6.45, 7) is 2.20. The van der Waals surface area contributed by atoms with Crippen molar-refractivity contribution in [3.05, 3.63) is 65.5 Å². The molecule has 28 heavy (non-hydrogen) atoms. The van der Waals surface area contributed by atoms with Gasteiger partial charge in [0.15, 0.2) is 5.82 Å². The monoisotopic (exact) mass is 374 g/mol. The summed E-state index contributed by atoms with van der Waals surface area (Å²) in [4.78, 5) is 16.6. The molecule has 0 amide bonds. The number of aromatic nitrogens is 3. The summed E-state index contributed by atoms with van der Waals surface area (Å²) in [6.07, 6.45) is 5.90. The number of hydrogen-bond acceptors (Lipinski definition) is 5. The number of methoxy groups -OCH3 is 1. The molecule has 0 N–H and O–H groups in total. The molecule has 1 aromatic carbocycles. The van der Waals surface area contributed by atoms with Gasteiger partial charge in [-0.05, 0) is 43.9 Å². The van der Waals surface area contributed by atoms with Crippen LogP contribution in [0.15, 0.2) is 48.7 Å². The topological polar surface area (TPSA) is 51.1 Å². The number of aryl methyl sites for hydroxylation is 1. The van der Waals surface area contributed by atoms with Crippen LogP contribution in [0.25, 0.3) is 11.5 Å². The minimum atomic E-state index is 0.173. The van der Waals surface area contributed by atoms with Gasteiger partial charge in [0.2, 0.25) is 0 Å². The van der Waals surface area contributed by atoms with Crippen LogP contribution in [0, 0.1) is 0 Å². The summed E-state index contributed by atoms with van der Waals surface area (Å²) in [7, 11) is 3.86. The maximum atomic E-state index is 5.63. The first-order valence-corrected chi connectivity index (χ1v) is 9.89. The second-order valence-corrected chi connectivity index (χ2v) is 7.14. The number of nitrogens with zero attached hydrogens (tertiary/aromatic N) is 4. The van der Waals surface area contributed by atoms with Crippen molar-refractivity contribution < 1.29 is 4.74 Å². The quantitative estimate of drug-likeness (QED) is 0.630. The fraction of sp³-hybridized carbons (Fsp3) is 0.348. The molecule has 144 valence electrons. The molecule has 0 radical (unpaired) electrons. The van der Waals surface area contributed by atoms with Crippen molar-refractivity contribution in [2.75, 3.05) is 19.1 Å². The van der Waals surface area contributed by atoms with Crippen molar-refractivity contribution in [1.82, 2.24) is 15.0 Å². The van der Waals surface area contributed by atoms with Gasteiger partial charge < -0.3 is 9.64 Å². The van der Waals surface area contributed by atoms with Crippen LogP contribution >= 0.6 is 0 Å². The molecule has 5 nitrogen and oxygen atoms in total. The lowest BCUT2D eigenvalue weighted by Gasteiger charge is -2.31. The Morgan fingerprint density at radius 2 is 1.89 bits per heavy atom. The van der Waals surface area contributed by atoms with Crippen LogP contribution in [0.4, 0.5) is 5.82 Å². The summed E-state index contributed by atoms with van der Waals surface area (Å²) < 4.78 is 5.63. The third-order valence-corrected chi connectivity index (χ3v) is 5.49. The lowest BCUT2D eigenvalue weighted by molar-refractivity contribution is 0.404. The van der Waals surface area contributed by atoms with E-state index >= 15 is 0 Å². The second-order valence-electron chi connectivity index (χ2n) is 7.14. The van der Waals surface area contributed by atoms with Crippen LogP contribution in [-0.2, 0) is 12.8 Å². The molecule has 0 fully saturated rings. The molecule has 3 aromatic rings. The zero-order valence-electron chi connectivity index (χ0n) is 16.7. The molecule has 1 aliphatic rings. The highest BCUT2D eigenvalue weighted by molar-refractivity contribution is 5.60. The Kier molecular flexibility index (Phi) is 5.24. The predicted octanol–water partition coefficient (Wildman–Crippen LogP) is 4.62. The van der Waals surface area contributed by atoms with Crippen molar-refractivity contribution >= 4 is 5.82 Å². The molecule has 4 rings (SSSR count). The van der Waals surface area contributed by atoms with E-state index in [2.05, 4.69) is 36.0 Å². The highest BCUT2D eigenvalue weighted by Crippen LogP contribution is 2.37. The molecule has 2 aromatic heterocycles. The molecule has 1 atom stereocenters. The van der Waals surface area contributed by atoms with Gasteiger partial charge in [-0.15, -0.1) is 0 Å². The maximum absolute atomic E-state index is 5.63. The van der Waals surface area contributed by atoms with Gasteiger partial charge in [-0.25, -0.2) is 9.97 Å². The number of para-hydroxylation sites is 1. The van der Waals surface area contributed by atoms with Gasteiger partial charge >= 0.3 is 0 Å². The zero-order valence-corrected chi connectivity index (χ0v) is 16.7. The van der Waals surface area contributed by atoms with E-state index in [-0.39, 0.29) is 6.04 Å². The van der Waals surface area contributed by atoms with E-state index in [1.807, 2.05) is 30.3 Å². The molecule has 0 bridgehead atoms. The summed E-state index contributed by atoms with van der Waals surface area (Å²) in [6, 6.07) is 14.3. The van der Waals surface area contributed by atoms with Crippen molar-refractivity contribution in [3.63, 3.8) is 0 Å². The Balaban J connectivity index is 1.80. The first-order chi connectivity index (χ1) is 13.7. The molecule has 0 saturated heterocycles. The zero-order chi connectivity index (χ0) is 19.5. The fourth-order valence-corrected chi connectivity index (χ4v) is 4.11. The Labute approximate surface area is 166 Å². The van der Waals surface area contributed by atoms with Crippen LogP contribution in [0.1, 0.15) is 42.6 Å².